The van der Waals surface area contributed by atoms with Crippen LogP contribution >= 0.6 is 0 Å². The lowest BCUT2D eigenvalue weighted by atomic mass is 9.96. The molecular weight excluding hydrogens is 494 g/mol. The molecule has 4 heterocycles. The average molecular weight is 524 g/mol. The predicted octanol–water partition coefficient (Wildman–Crippen LogP) is 4.77. The van der Waals surface area contributed by atoms with Gasteiger partial charge in [0.05, 0.1) is 43.3 Å². The summed E-state index contributed by atoms with van der Waals surface area (Å²) in [6, 6.07) is 19.4. The molecule has 0 bridgehead atoms. The van der Waals surface area contributed by atoms with Crippen LogP contribution in [-0.4, -0.2) is 58.7 Å². The predicted molar refractivity (Wildman–Crippen MR) is 147 cm³/mol. The average Bonchev–Trinajstić information content (AvgIpc) is 3.48. The summed E-state index contributed by atoms with van der Waals surface area (Å²) in [6.45, 7) is 6.92. The number of carbonyl (C=O) groups excluding carboxylic acids is 1. The summed E-state index contributed by atoms with van der Waals surface area (Å²) in [4.78, 5) is 26.9. The topological polar surface area (TPSA) is 102 Å². The molecule has 0 spiro atoms. The van der Waals surface area contributed by atoms with Gasteiger partial charge < -0.3 is 29.4 Å². The monoisotopic (exact) mass is 523 g/mol. The summed E-state index contributed by atoms with van der Waals surface area (Å²) < 4.78 is 17.5. The lowest BCUT2D eigenvalue weighted by Crippen LogP contribution is -2.39. The lowest BCUT2D eigenvalue weighted by Gasteiger charge is -2.29. The quantitative estimate of drug-likeness (QED) is 0.337. The highest BCUT2D eigenvalue weighted by Crippen LogP contribution is 2.36. The van der Waals surface area contributed by atoms with Crippen molar-refractivity contribution in [3.8, 4) is 28.5 Å². The third kappa shape index (κ3) is 5.63. The normalized spacial score (nSPS) is 16.6. The Morgan fingerprint density at radius 3 is 2.72 bits per heavy atom. The van der Waals surface area contributed by atoms with E-state index in [-0.39, 0.29) is 11.8 Å². The van der Waals surface area contributed by atoms with E-state index >= 15 is 0 Å². The van der Waals surface area contributed by atoms with Crippen molar-refractivity contribution in [2.24, 2.45) is 0 Å². The zero-order valence-corrected chi connectivity index (χ0v) is 21.4. The number of morpholine rings is 1. The summed E-state index contributed by atoms with van der Waals surface area (Å²) in [6.07, 6.45) is 4.24. The Balaban J connectivity index is 1.12. The third-order valence-corrected chi connectivity index (χ3v) is 6.87. The summed E-state index contributed by atoms with van der Waals surface area (Å²) >= 11 is 0. The number of ether oxygens (including phenoxy) is 3. The molecule has 1 saturated heterocycles. The molecule has 0 aliphatic carbocycles. The standard InChI is InChI=1S/C30H29N5O4/c1-20(35-11-13-37-14-12-35)30(36)34-28-17-25(9-10-31-28)39-24-7-8-27-22(16-24)15-23(19-38-27)29-32-18-26(33-29)21-5-3-2-4-6-21/h2-10,16-18,23H,1,11-15,19H2,(H,32,33)(H,31,34,36). The van der Waals surface area contributed by atoms with Gasteiger partial charge in [0.1, 0.15) is 28.9 Å². The van der Waals surface area contributed by atoms with Gasteiger partial charge in [-0.1, -0.05) is 36.9 Å². The van der Waals surface area contributed by atoms with Crippen LogP contribution in [-0.2, 0) is 16.0 Å². The van der Waals surface area contributed by atoms with Gasteiger partial charge in [0, 0.05) is 25.4 Å². The minimum Gasteiger partial charge on any atom is -0.493 e. The number of nitrogens with one attached hydrogen (secondary N) is 2. The molecule has 4 aromatic rings. The van der Waals surface area contributed by atoms with E-state index in [0.717, 1.165) is 34.8 Å². The maximum atomic E-state index is 12.7. The summed E-state index contributed by atoms with van der Waals surface area (Å²) in [7, 11) is 0. The van der Waals surface area contributed by atoms with Crippen LogP contribution in [0.1, 0.15) is 17.3 Å². The number of H-pyrrole nitrogens is 1. The number of amides is 1. The zero-order valence-electron chi connectivity index (χ0n) is 21.4. The first-order chi connectivity index (χ1) is 19.1. The Morgan fingerprint density at radius 1 is 1.05 bits per heavy atom. The van der Waals surface area contributed by atoms with Crippen LogP contribution < -0.4 is 14.8 Å². The van der Waals surface area contributed by atoms with Crippen molar-refractivity contribution in [2.45, 2.75) is 12.3 Å². The third-order valence-electron chi connectivity index (χ3n) is 6.87. The van der Waals surface area contributed by atoms with E-state index in [9.17, 15) is 4.79 Å². The Morgan fingerprint density at radius 2 is 1.87 bits per heavy atom. The second-order valence-corrected chi connectivity index (χ2v) is 9.51. The molecule has 2 N–H and O–H groups in total. The summed E-state index contributed by atoms with van der Waals surface area (Å²) in [5, 5.41) is 2.81. The molecule has 0 saturated carbocycles. The van der Waals surface area contributed by atoms with Crippen molar-refractivity contribution >= 4 is 11.7 Å². The van der Waals surface area contributed by atoms with Crippen LogP contribution in [0.25, 0.3) is 11.3 Å². The molecule has 198 valence electrons. The maximum Gasteiger partial charge on any atom is 0.272 e. The molecule has 2 aromatic carbocycles. The maximum absolute atomic E-state index is 12.7. The van der Waals surface area contributed by atoms with Crippen LogP contribution in [0.4, 0.5) is 5.82 Å². The Hall–Kier alpha value is -4.63. The van der Waals surface area contributed by atoms with Crippen LogP contribution in [0.2, 0.25) is 0 Å². The molecule has 1 amide bonds. The summed E-state index contributed by atoms with van der Waals surface area (Å²) in [5.74, 6) is 3.17. The van der Waals surface area contributed by atoms with Crippen LogP contribution in [0.3, 0.4) is 0 Å². The van der Waals surface area contributed by atoms with Gasteiger partial charge in [-0.15, -0.1) is 0 Å². The Kier molecular flexibility index (Phi) is 6.97. The molecule has 0 radical (unpaired) electrons. The fraction of sp³-hybridized carbons (Fsp3) is 0.233. The minimum absolute atomic E-state index is 0.104. The number of carbonyl (C=O) groups is 1. The minimum atomic E-state index is -0.299. The fourth-order valence-corrected chi connectivity index (χ4v) is 4.76. The van der Waals surface area contributed by atoms with Gasteiger partial charge in [0.2, 0.25) is 0 Å². The number of benzene rings is 2. The van der Waals surface area contributed by atoms with Crippen LogP contribution in [0.5, 0.6) is 17.2 Å². The molecule has 2 aromatic heterocycles. The molecule has 9 nitrogen and oxygen atoms in total. The van der Waals surface area contributed by atoms with E-state index in [2.05, 4.69) is 39.0 Å². The lowest BCUT2D eigenvalue weighted by molar-refractivity contribution is -0.114. The number of imidazole rings is 1. The molecule has 2 aliphatic heterocycles. The van der Waals surface area contributed by atoms with Crippen molar-refractivity contribution in [1.82, 2.24) is 19.9 Å². The van der Waals surface area contributed by atoms with Gasteiger partial charge in [-0.05, 0) is 41.8 Å². The number of anilines is 1. The number of aromatic nitrogens is 3. The van der Waals surface area contributed by atoms with Crippen molar-refractivity contribution in [1.29, 1.82) is 0 Å². The highest BCUT2D eigenvalue weighted by atomic mass is 16.5. The van der Waals surface area contributed by atoms with Crippen LogP contribution in [0.15, 0.2) is 85.3 Å². The SMILES string of the molecule is C=C(C(=O)Nc1cc(Oc2ccc3c(c2)CC(c2ncc(-c4ccccc4)[nH]2)CO3)ccn1)N1CCOCC1. The van der Waals surface area contributed by atoms with Crippen molar-refractivity contribution < 1.29 is 19.0 Å². The summed E-state index contributed by atoms with van der Waals surface area (Å²) in [5.41, 5.74) is 3.53. The van der Waals surface area contributed by atoms with Gasteiger partial charge >= 0.3 is 0 Å². The molecule has 1 fully saturated rings. The van der Waals surface area contributed by atoms with Gasteiger partial charge in [0.25, 0.3) is 5.91 Å². The van der Waals surface area contributed by atoms with E-state index in [0.29, 0.717) is 55.9 Å². The molecule has 6 rings (SSSR count). The van der Waals surface area contributed by atoms with Gasteiger partial charge in [0.15, 0.2) is 0 Å². The zero-order chi connectivity index (χ0) is 26.6. The number of hydrogen-bond acceptors (Lipinski definition) is 7. The largest absolute Gasteiger partial charge is 0.493 e. The first-order valence-electron chi connectivity index (χ1n) is 13.0. The highest BCUT2D eigenvalue weighted by molar-refractivity contribution is 6.02. The molecule has 1 atom stereocenters. The van der Waals surface area contributed by atoms with Crippen molar-refractivity contribution in [3.05, 3.63) is 96.7 Å². The molecule has 39 heavy (non-hydrogen) atoms. The second kappa shape index (κ2) is 11.0. The van der Waals surface area contributed by atoms with Crippen molar-refractivity contribution in [3.63, 3.8) is 0 Å². The van der Waals surface area contributed by atoms with E-state index in [1.165, 1.54) is 0 Å². The van der Waals surface area contributed by atoms with E-state index in [1.807, 2.05) is 47.5 Å². The van der Waals surface area contributed by atoms with Gasteiger partial charge in [-0.2, -0.15) is 0 Å². The number of pyridine rings is 1. The molecule has 2 aliphatic rings. The smallest absolute Gasteiger partial charge is 0.272 e. The van der Waals surface area contributed by atoms with E-state index < -0.39 is 0 Å². The van der Waals surface area contributed by atoms with E-state index in [4.69, 9.17) is 14.2 Å². The Labute approximate surface area is 226 Å². The first-order valence-corrected chi connectivity index (χ1v) is 13.0. The van der Waals surface area contributed by atoms with Gasteiger partial charge in [-0.3, -0.25) is 4.79 Å². The Bertz CT molecular complexity index is 1480. The number of fused-ring (bicyclic) bond motifs is 1. The number of nitrogens with zero attached hydrogens (tertiary/aromatic N) is 3. The van der Waals surface area contributed by atoms with Crippen LogP contribution in [0, 0.1) is 0 Å². The molecule has 1 unspecified atom stereocenters. The molecular formula is C30H29N5O4. The van der Waals surface area contributed by atoms with E-state index in [1.54, 1.807) is 18.3 Å². The highest BCUT2D eigenvalue weighted by Gasteiger charge is 2.25. The number of aromatic amines is 1. The molecule has 9 heteroatoms. The fourth-order valence-electron chi connectivity index (χ4n) is 4.76. The van der Waals surface area contributed by atoms with Crippen molar-refractivity contribution in [2.75, 3.05) is 38.2 Å². The number of rotatable bonds is 7. The first kappa shape index (κ1) is 24.7. The van der Waals surface area contributed by atoms with Gasteiger partial charge in [-0.25, -0.2) is 9.97 Å². The number of hydrogen-bond donors (Lipinski definition) is 2. The second-order valence-electron chi connectivity index (χ2n) is 9.51.